The number of hydrogen-bond donors (Lipinski definition) is 2. The largest absolute Gasteiger partial charge is 0.375 e. The number of aryl methyl sites for hydroxylation is 2. The SMILES string of the molecule is Cc1ccc2[nH]cc(CCC(=O)NCc3ccc(N4CCOC(C)C4)nc3)c2c1. The highest BCUT2D eigenvalue weighted by atomic mass is 16.5. The number of anilines is 1. The second-order valence-corrected chi connectivity index (χ2v) is 7.79. The van der Waals surface area contributed by atoms with Gasteiger partial charge in [-0.3, -0.25) is 4.79 Å². The van der Waals surface area contributed by atoms with Gasteiger partial charge < -0.3 is 19.9 Å². The summed E-state index contributed by atoms with van der Waals surface area (Å²) in [6.45, 7) is 7.11. The van der Waals surface area contributed by atoms with Crippen molar-refractivity contribution in [3.05, 3.63) is 59.4 Å². The minimum atomic E-state index is 0.0538. The molecule has 1 fully saturated rings. The molecule has 2 N–H and O–H groups in total. The van der Waals surface area contributed by atoms with E-state index in [-0.39, 0.29) is 12.0 Å². The molecular formula is C23H28N4O2. The molecule has 6 nitrogen and oxygen atoms in total. The van der Waals surface area contributed by atoms with E-state index in [0.717, 1.165) is 43.0 Å². The normalized spacial score (nSPS) is 16.9. The molecule has 1 amide bonds. The first-order chi connectivity index (χ1) is 14.1. The zero-order valence-corrected chi connectivity index (χ0v) is 17.1. The maximum absolute atomic E-state index is 12.3. The van der Waals surface area contributed by atoms with Crippen molar-refractivity contribution in [2.24, 2.45) is 0 Å². The van der Waals surface area contributed by atoms with Gasteiger partial charge in [0.05, 0.1) is 12.7 Å². The van der Waals surface area contributed by atoms with Crippen LogP contribution in [0.2, 0.25) is 0 Å². The number of benzene rings is 1. The second-order valence-electron chi connectivity index (χ2n) is 7.79. The zero-order chi connectivity index (χ0) is 20.2. The van der Waals surface area contributed by atoms with Crippen molar-refractivity contribution in [2.75, 3.05) is 24.6 Å². The van der Waals surface area contributed by atoms with Gasteiger partial charge in [-0.05, 0) is 49.6 Å². The van der Waals surface area contributed by atoms with E-state index in [1.807, 2.05) is 24.5 Å². The minimum Gasteiger partial charge on any atom is -0.375 e. The van der Waals surface area contributed by atoms with Gasteiger partial charge in [0.15, 0.2) is 0 Å². The molecule has 1 unspecified atom stereocenters. The van der Waals surface area contributed by atoms with Crippen molar-refractivity contribution in [3.63, 3.8) is 0 Å². The quantitative estimate of drug-likeness (QED) is 0.675. The molecule has 1 aliphatic rings. The van der Waals surface area contributed by atoms with Gasteiger partial charge in [-0.2, -0.15) is 0 Å². The van der Waals surface area contributed by atoms with Crippen LogP contribution < -0.4 is 10.2 Å². The lowest BCUT2D eigenvalue weighted by molar-refractivity contribution is -0.121. The Hall–Kier alpha value is -2.86. The van der Waals surface area contributed by atoms with Crippen LogP contribution in [0, 0.1) is 6.92 Å². The molecule has 1 aromatic carbocycles. The van der Waals surface area contributed by atoms with Crippen LogP contribution >= 0.6 is 0 Å². The molecule has 3 aromatic rings. The molecule has 29 heavy (non-hydrogen) atoms. The third-order valence-electron chi connectivity index (χ3n) is 5.41. The van der Waals surface area contributed by atoms with Crippen LogP contribution in [-0.2, 0) is 22.5 Å². The lowest BCUT2D eigenvalue weighted by Crippen LogP contribution is -2.41. The van der Waals surface area contributed by atoms with Crippen LogP contribution in [-0.4, -0.2) is 41.7 Å². The van der Waals surface area contributed by atoms with Gasteiger partial charge in [0.1, 0.15) is 5.82 Å². The number of nitrogens with one attached hydrogen (secondary N) is 2. The van der Waals surface area contributed by atoms with Crippen LogP contribution in [0.3, 0.4) is 0 Å². The molecule has 0 saturated carbocycles. The van der Waals surface area contributed by atoms with Crippen molar-refractivity contribution in [2.45, 2.75) is 39.3 Å². The topological polar surface area (TPSA) is 70.2 Å². The number of morpholine rings is 1. The van der Waals surface area contributed by atoms with E-state index >= 15 is 0 Å². The van der Waals surface area contributed by atoms with Gasteiger partial charge >= 0.3 is 0 Å². The molecule has 0 radical (unpaired) electrons. The maximum atomic E-state index is 12.3. The highest BCUT2D eigenvalue weighted by molar-refractivity contribution is 5.84. The first kappa shape index (κ1) is 19.5. The molecule has 0 aliphatic carbocycles. The Morgan fingerprint density at radius 2 is 2.24 bits per heavy atom. The summed E-state index contributed by atoms with van der Waals surface area (Å²) in [6, 6.07) is 10.4. The lowest BCUT2D eigenvalue weighted by Gasteiger charge is -2.32. The number of pyridine rings is 1. The second kappa shape index (κ2) is 8.66. The molecule has 0 spiro atoms. The number of aromatic amines is 1. The average molecular weight is 393 g/mol. The molecule has 4 rings (SSSR count). The van der Waals surface area contributed by atoms with Gasteiger partial charge in [-0.1, -0.05) is 17.7 Å². The molecule has 6 heteroatoms. The summed E-state index contributed by atoms with van der Waals surface area (Å²) in [4.78, 5) is 22.4. The molecule has 2 aromatic heterocycles. The van der Waals surface area contributed by atoms with Gasteiger partial charge in [0, 0.05) is 49.4 Å². The monoisotopic (exact) mass is 392 g/mol. The Morgan fingerprint density at radius 3 is 3.03 bits per heavy atom. The number of hydrogen-bond acceptors (Lipinski definition) is 4. The highest BCUT2D eigenvalue weighted by Gasteiger charge is 2.17. The van der Waals surface area contributed by atoms with Gasteiger partial charge in [-0.25, -0.2) is 4.98 Å². The Kier molecular flexibility index (Phi) is 5.81. The molecule has 1 aliphatic heterocycles. The van der Waals surface area contributed by atoms with Crippen LogP contribution in [0.5, 0.6) is 0 Å². The van der Waals surface area contributed by atoms with Gasteiger partial charge in [0.2, 0.25) is 5.91 Å². The van der Waals surface area contributed by atoms with Gasteiger partial charge in [-0.15, -0.1) is 0 Å². The number of carbonyl (C=O) groups excluding carboxylic acids is 1. The van der Waals surface area contributed by atoms with Crippen LogP contribution in [0.1, 0.15) is 30.0 Å². The van der Waals surface area contributed by atoms with Crippen LogP contribution in [0.4, 0.5) is 5.82 Å². The minimum absolute atomic E-state index is 0.0538. The maximum Gasteiger partial charge on any atom is 0.220 e. The summed E-state index contributed by atoms with van der Waals surface area (Å²) in [5, 5.41) is 4.21. The van der Waals surface area contributed by atoms with Gasteiger partial charge in [0.25, 0.3) is 0 Å². The summed E-state index contributed by atoms with van der Waals surface area (Å²) in [6.07, 6.45) is 5.27. The smallest absolute Gasteiger partial charge is 0.220 e. The number of ether oxygens (including phenoxy) is 1. The Morgan fingerprint density at radius 1 is 1.34 bits per heavy atom. The molecule has 1 atom stereocenters. The van der Waals surface area contributed by atoms with Crippen molar-refractivity contribution < 1.29 is 9.53 Å². The van der Waals surface area contributed by atoms with Crippen molar-refractivity contribution in [1.82, 2.24) is 15.3 Å². The van der Waals surface area contributed by atoms with Crippen molar-refractivity contribution >= 4 is 22.6 Å². The molecule has 0 bridgehead atoms. The van der Waals surface area contributed by atoms with E-state index in [9.17, 15) is 4.79 Å². The fourth-order valence-corrected chi connectivity index (χ4v) is 3.77. The van der Waals surface area contributed by atoms with Crippen molar-refractivity contribution in [1.29, 1.82) is 0 Å². The summed E-state index contributed by atoms with van der Waals surface area (Å²) in [5.74, 6) is 1.02. The average Bonchev–Trinajstić information content (AvgIpc) is 3.13. The lowest BCUT2D eigenvalue weighted by atomic mass is 10.1. The van der Waals surface area contributed by atoms with E-state index in [1.165, 1.54) is 16.5 Å². The predicted molar refractivity (Wildman–Crippen MR) is 115 cm³/mol. The number of nitrogens with zero attached hydrogens (tertiary/aromatic N) is 2. The predicted octanol–water partition coefficient (Wildman–Crippen LogP) is 3.35. The number of rotatable bonds is 6. The number of aromatic nitrogens is 2. The number of carbonyl (C=O) groups is 1. The fourth-order valence-electron chi connectivity index (χ4n) is 3.77. The zero-order valence-electron chi connectivity index (χ0n) is 17.1. The highest BCUT2D eigenvalue weighted by Crippen LogP contribution is 2.21. The first-order valence-electron chi connectivity index (χ1n) is 10.2. The summed E-state index contributed by atoms with van der Waals surface area (Å²) >= 11 is 0. The van der Waals surface area contributed by atoms with E-state index < -0.39 is 0 Å². The van der Waals surface area contributed by atoms with Crippen LogP contribution in [0.15, 0.2) is 42.7 Å². The summed E-state index contributed by atoms with van der Waals surface area (Å²) < 4.78 is 5.58. The molecule has 3 heterocycles. The van der Waals surface area contributed by atoms with E-state index in [1.54, 1.807) is 0 Å². The number of amides is 1. The Labute approximate surface area is 171 Å². The Bertz CT molecular complexity index is 980. The standard InChI is InChI=1S/C23H28N4O2/c1-16-3-6-21-20(11-16)19(14-24-21)5-8-23(28)26-13-18-4-7-22(25-12-18)27-9-10-29-17(2)15-27/h3-4,6-7,11-12,14,17,24H,5,8-10,13,15H2,1-2H3,(H,26,28). The van der Waals surface area contributed by atoms with E-state index in [2.05, 4.69) is 52.2 Å². The van der Waals surface area contributed by atoms with E-state index in [0.29, 0.717) is 13.0 Å². The van der Waals surface area contributed by atoms with Crippen LogP contribution in [0.25, 0.3) is 10.9 Å². The van der Waals surface area contributed by atoms with Crippen molar-refractivity contribution in [3.8, 4) is 0 Å². The molecule has 1 saturated heterocycles. The first-order valence-corrected chi connectivity index (χ1v) is 10.2. The Balaban J connectivity index is 1.27. The third-order valence-corrected chi connectivity index (χ3v) is 5.41. The van der Waals surface area contributed by atoms with E-state index in [4.69, 9.17) is 4.74 Å². The summed E-state index contributed by atoms with van der Waals surface area (Å²) in [5.41, 5.74) is 4.54. The summed E-state index contributed by atoms with van der Waals surface area (Å²) in [7, 11) is 0. The fraction of sp³-hybridized carbons (Fsp3) is 0.391. The third kappa shape index (κ3) is 4.77. The number of H-pyrrole nitrogens is 1. The number of fused-ring (bicyclic) bond motifs is 1. The molecule has 152 valence electrons. The molecular weight excluding hydrogens is 364 g/mol.